The summed E-state index contributed by atoms with van der Waals surface area (Å²) in [6.07, 6.45) is 16.2. The smallest absolute Gasteiger partial charge is 0.0760 e. The highest BCUT2D eigenvalue weighted by Gasteiger charge is 1.97. The molecule has 0 atom stereocenters. The van der Waals surface area contributed by atoms with Gasteiger partial charge in [0.25, 0.3) is 0 Å². The minimum absolute atomic E-state index is 0.773. The molecule has 132 valence electrons. The molecule has 1 heterocycles. The van der Waals surface area contributed by atoms with Crippen molar-refractivity contribution >= 4 is 11.4 Å². The van der Waals surface area contributed by atoms with Gasteiger partial charge >= 0.3 is 0 Å². The molecule has 4 nitrogen and oxygen atoms in total. The second-order valence-corrected chi connectivity index (χ2v) is 6.18. The van der Waals surface area contributed by atoms with E-state index < -0.39 is 0 Å². The van der Waals surface area contributed by atoms with Crippen molar-refractivity contribution in [2.75, 3.05) is 30.8 Å². The highest BCUT2D eigenvalue weighted by molar-refractivity contribution is 5.63. The van der Waals surface area contributed by atoms with Crippen molar-refractivity contribution in [2.45, 2.75) is 71.1 Å². The molecule has 0 amide bonds. The average Bonchev–Trinajstić information content (AvgIpc) is 2.57. The molecule has 1 aromatic heterocycles. The first-order valence-corrected chi connectivity index (χ1v) is 9.35. The van der Waals surface area contributed by atoms with Crippen LogP contribution in [0.5, 0.6) is 0 Å². The Bertz CT molecular complexity index is 385. The Morgan fingerprint density at radius 3 is 2.30 bits per heavy atom. The number of unbranched alkanes of at least 4 members (excludes halogenated alkanes) is 8. The quantitative estimate of drug-likeness (QED) is 0.446. The Kier molecular flexibility index (Phi) is 12.3. The number of nitrogen functional groups attached to an aromatic ring is 1. The van der Waals surface area contributed by atoms with Crippen molar-refractivity contribution in [1.82, 2.24) is 4.98 Å². The maximum absolute atomic E-state index is 5.86. The van der Waals surface area contributed by atoms with Crippen LogP contribution in [0.3, 0.4) is 0 Å². The van der Waals surface area contributed by atoms with E-state index in [9.17, 15) is 0 Å². The summed E-state index contributed by atoms with van der Waals surface area (Å²) in [6.45, 7) is 5.10. The Balaban J connectivity index is 1.79. The SMILES string of the molecule is CCCCCCOCCCCCCCCNc1cnccc1N. The van der Waals surface area contributed by atoms with E-state index in [1.165, 1.54) is 64.2 Å². The van der Waals surface area contributed by atoms with Crippen molar-refractivity contribution in [3.05, 3.63) is 18.5 Å². The number of aromatic nitrogens is 1. The second kappa shape index (κ2) is 14.3. The normalized spacial score (nSPS) is 10.8. The van der Waals surface area contributed by atoms with Crippen LogP contribution in [0.4, 0.5) is 11.4 Å². The van der Waals surface area contributed by atoms with E-state index in [-0.39, 0.29) is 0 Å². The summed E-state index contributed by atoms with van der Waals surface area (Å²) in [5, 5.41) is 3.35. The van der Waals surface area contributed by atoms with Crippen molar-refractivity contribution in [3.63, 3.8) is 0 Å². The molecule has 1 aromatic rings. The van der Waals surface area contributed by atoms with Gasteiger partial charge in [-0.25, -0.2) is 0 Å². The molecule has 0 saturated heterocycles. The third-order valence-corrected chi connectivity index (χ3v) is 4.03. The van der Waals surface area contributed by atoms with Crippen molar-refractivity contribution in [3.8, 4) is 0 Å². The van der Waals surface area contributed by atoms with Gasteiger partial charge in [-0.2, -0.15) is 0 Å². The highest BCUT2D eigenvalue weighted by Crippen LogP contribution is 2.15. The van der Waals surface area contributed by atoms with E-state index in [4.69, 9.17) is 10.5 Å². The molecule has 0 aliphatic rings. The van der Waals surface area contributed by atoms with Crippen molar-refractivity contribution in [1.29, 1.82) is 0 Å². The largest absolute Gasteiger partial charge is 0.397 e. The zero-order valence-corrected chi connectivity index (χ0v) is 14.9. The number of ether oxygens (including phenoxy) is 1. The number of nitrogens with two attached hydrogens (primary N) is 1. The summed E-state index contributed by atoms with van der Waals surface area (Å²) in [5.41, 5.74) is 7.58. The van der Waals surface area contributed by atoms with Gasteiger partial charge in [0, 0.05) is 26.0 Å². The van der Waals surface area contributed by atoms with E-state index >= 15 is 0 Å². The van der Waals surface area contributed by atoms with Crippen molar-refractivity contribution in [2.24, 2.45) is 0 Å². The standard InChI is InChI=1S/C19H35N3O/c1-2-3-4-10-15-23-16-11-8-6-5-7-9-13-22-19-17-21-14-12-18(19)20/h12,14,17,22H,2-11,13,15-16H2,1H3,(H2,20,21). The first-order chi connectivity index (χ1) is 11.3. The molecule has 0 spiro atoms. The monoisotopic (exact) mass is 321 g/mol. The predicted octanol–water partition coefficient (Wildman–Crippen LogP) is 5.01. The van der Waals surface area contributed by atoms with Crippen molar-refractivity contribution < 1.29 is 4.74 Å². The zero-order chi connectivity index (χ0) is 16.6. The molecule has 0 aliphatic carbocycles. The number of hydrogen-bond acceptors (Lipinski definition) is 4. The molecule has 0 bridgehead atoms. The van der Waals surface area contributed by atoms with Crippen LogP contribution in [-0.4, -0.2) is 24.7 Å². The fraction of sp³-hybridized carbons (Fsp3) is 0.737. The van der Waals surface area contributed by atoms with Crippen LogP contribution in [0.25, 0.3) is 0 Å². The van der Waals surface area contributed by atoms with E-state index in [1.54, 1.807) is 12.4 Å². The van der Waals surface area contributed by atoms with E-state index in [0.29, 0.717) is 0 Å². The van der Waals surface area contributed by atoms with Crippen LogP contribution in [0.2, 0.25) is 0 Å². The van der Waals surface area contributed by atoms with Gasteiger partial charge in [-0.3, -0.25) is 4.98 Å². The summed E-state index contributed by atoms with van der Waals surface area (Å²) in [6, 6.07) is 1.83. The molecule has 0 saturated carbocycles. The van der Waals surface area contributed by atoms with Crippen LogP contribution in [0.1, 0.15) is 71.1 Å². The molecule has 0 aromatic carbocycles. The van der Waals surface area contributed by atoms with Crippen LogP contribution >= 0.6 is 0 Å². The predicted molar refractivity (Wildman–Crippen MR) is 99.8 cm³/mol. The van der Waals surface area contributed by atoms with Crippen LogP contribution in [0, 0.1) is 0 Å². The van der Waals surface area contributed by atoms with Gasteiger partial charge in [-0.15, -0.1) is 0 Å². The topological polar surface area (TPSA) is 60.2 Å². The Labute approximate surface area is 142 Å². The Morgan fingerprint density at radius 1 is 0.957 bits per heavy atom. The molecular weight excluding hydrogens is 286 g/mol. The molecule has 4 heteroatoms. The van der Waals surface area contributed by atoms with Gasteiger partial charge < -0.3 is 15.8 Å². The Hall–Kier alpha value is -1.29. The third-order valence-electron chi connectivity index (χ3n) is 4.03. The molecule has 0 unspecified atom stereocenters. The summed E-state index contributed by atoms with van der Waals surface area (Å²) in [5.74, 6) is 0. The van der Waals surface area contributed by atoms with Crippen LogP contribution in [-0.2, 0) is 4.74 Å². The molecule has 23 heavy (non-hydrogen) atoms. The summed E-state index contributed by atoms with van der Waals surface area (Å²) in [4.78, 5) is 4.08. The van der Waals surface area contributed by atoms with Crippen LogP contribution < -0.4 is 11.1 Å². The highest BCUT2D eigenvalue weighted by atomic mass is 16.5. The molecule has 1 rings (SSSR count). The molecule has 3 N–H and O–H groups in total. The molecule has 0 fully saturated rings. The minimum atomic E-state index is 0.773. The molecule has 0 aliphatic heterocycles. The lowest BCUT2D eigenvalue weighted by atomic mass is 10.1. The van der Waals surface area contributed by atoms with Gasteiger partial charge in [0.2, 0.25) is 0 Å². The van der Waals surface area contributed by atoms with E-state index in [0.717, 1.165) is 31.1 Å². The molecular formula is C19H35N3O. The minimum Gasteiger partial charge on any atom is -0.397 e. The number of rotatable bonds is 15. The first kappa shape index (κ1) is 19.8. The van der Waals surface area contributed by atoms with Gasteiger partial charge in [0.15, 0.2) is 0 Å². The van der Waals surface area contributed by atoms with Gasteiger partial charge in [0.1, 0.15) is 0 Å². The number of nitrogens with zero attached hydrogens (tertiary/aromatic N) is 1. The fourth-order valence-electron chi connectivity index (χ4n) is 2.55. The second-order valence-electron chi connectivity index (χ2n) is 6.18. The fourth-order valence-corrected chi connectivity index (χ4v) is 2.55. The number of anilines is 2. The summed E-state index contributed by atoms with van der Waals surface area (Å²) in [7, 11) is 0. The zero-order valence-electron chi connectivity index (χ0n) is 14.9. The van der Waals surface area contributed by atoms with E-state index in [1.807, 2.05) is 6.07 Å². The maximum atomic E-state index is 5.86. The maximum Gasteiger partial charge on any atom is 0.0760 e. The summed E-state index contributed by atoms with van der Waals surface area (Å²) >= 11 is 0. The Morgan fingerprint density at radius 2 is 1.61 bits per heavy atom. The third kappa shape index (κ3) is 11.0. The number of pyridine rings is 1. The van der Waals surface area contributed by atoms with Crippen LogP contribution in [0.15, 0.2) is 18.5 Å². The lowest BCUT2D eigenvalue weighted by Crippen LogP contribution is -2.04. The van der Waals surface area contributed by atoms with Gasteiger partial charge in [-0.1, -0.05) is 51.9 Å². The van der Waals surface area contributed by atoms with E-state index in [2.05, 4.69) is 17.2 Å². The lowest BCUT2D eigenvalue weighted by Gasteiger charge is -2.08. The van der Waals surface area contributed by atoms with Gasteiger partial charge in [-0.05, 0) is 25.3 Å². The number of nitrogens with one attached hydrogen (secondary N) is 1. The average molecular weight is 322 g/mol. The lowest BCUT2D eigenvalue weighted by molar-refractivity contribution is 0.126. The first-order valence-electron chi connectivity index (χ1n) is 9.35. The summed E-state index contributed by atoms with van der Waals surface area (Å²) < 4.78 is 5.66. The molecule has 0 radical (unpaired) electrons. The number of hydrogen-bond donors (Lipinski definition) is 2. The van der Waals surface area contributed by atoms with Gasteiger partial charge in [0.05, 0.1) is 17.6 Å².